The third-order valence-electron chi connectivity index (χ3n) is 3.80. The lowest BCUT2D eigenvalue weighted by Gasteiger charge is -2.10. The molecule has 0 aliphatic carbocycles. The van der Waals surface area contributed by atoms with Gasteiger partial charge in [-0.15, -0.1) is 0 Å². The lowest BCUT2D eigenvalue weighted by molar-refractivity contribution is -0.201. The number of rotatable bonds is 11. The zero-order valence-electron chi connectivity index (χ0n) is 16.1. The molecule has 2 aromatic carbocycles. The molecule has 0 unspecified atom stereocenters. The van der Waals surface area contributed by atoms with Gasteiger partial charge >= 0.3 is 18.1 Å². The number of esters is 2. The standard InChI is InChI=1S/C21H22F3NO5/c22-21(23,24)20(27)30-19(26)10-12-25-11-9-16-5-4-8-18(15-16)29-14-13-28-17-6-2-1-3-7-17/h1-8,15,25H,9-14H2. The van der Waals surface area contributed by atoms with Gasteiger partial charge in [0.15, 0.2) is 0 Å². The third kappa shape index (κ3) is 8.95. The van der Waals surface area contributed by atoms with Crippen molar-refractivity contribution in [2.24, 2.45) is 0 Å². The zero-order valence-corrected chi connectivity index (χ0v) is 16.1. The van der Waals surface area contributed by atoms with Gasteiger partial charge in [-0.1, -0.05) is 30.3 Å². The zero-order chi connectivity index (χ0) is 21.8. The van der Waals surface area contributed by atoms with E-state index in [1.54, 1.807) is 0 Å². The van der Waals surface area contributed by atoms with Gasteiger partial charge in [-0.25, -0.2) is 4.79 Å². The van der Waals surface area contributed by atoms with Gasteiger partial charge in [0.25, 0.3) is 0 Å². The number of nitrogens with one attached hydrogen (secondary N) is 1. The maximum Gasteiger partial charge on any atom is 0.491 e. The van der Waals surface area contributed by atoms with E-state index in [4.69, 9.17) is 9.47 Å². The smallest absolute Gasteiger partial charge is 0.490 e. The number of hydrogen-bond donors (Lipinski definition) is 1. The van der Waals surface area contributed by atoms with E-state index in [-0.39, 0.29) is 13.0 Å². The summed E-state index contributed by atoms with van der Waals surface area (Å²) in [6.07, 6.45) is -4.90. The molecule has 0 saturated heterocycles. The van der Waals surface area contributed by atoms with E-state index in [1.807, 2.05) is 54.6 Å². The molecule has 0 radical (unpaired) electrons. The van der Waals surface area contributed by atoms with Crippen molar-refractivity contribution in [2.75, 3.05) is 26.3 Å². The van der Waals surface area contributed by atoms with Crippen LogP contribution in [0, 0.1) is 0 Å². The van der Waals surface area contributed by atoms with Crippen LogP contribution in [0.2, 0.25) is 0 Å². The molecule has 0 aliphatic rings. The highest BCUT2D eigenvalue weighted by molar-refractivity contribution is 5.88. The number of hydrogen-bond acceptors (Lipinski definition) is 6. The molecular weight excluding hydrogens is 403 g/mol. The second kappa shape index (κ2) is 11.8. The molecule has 0 fully saturated rings. The first kappa shape index (κ1) is 23.2. The number of halogens is 3. The quantitative estimate of drug-likeness (QED) is 0.338. The van der Waals surface area contributed by atoms with Crippen molar-refractivity contribution in [3.05, 3.63) is 60.2 Å². The van der Waals surface area contributed by atoms with Gasteiger partial charge in [0.2, 0.25) is 0 Å². The molecule has 0 bridgehead atoms. The molecular formula is C21H22F3NO5. The van der Waals surface area contributed by atoms with E-state index >= 15 is 0 Å². The summed E-state index contributed by atoms with van der Waals surface area (Å²) in [6.45, 7) is 1.37. The highest BCUT2D eigenvalue weighted by atomic mass is 19.4. The van der Waals surface area contributed by atoms with E-state index in [2.05, 4.69) is 10.1 Å². The summed E-state index contributed by atoms with van der Waals surface area (Å²) in [5.41, 5.74) is 0.985. The first-order valence-corrected chi connectivity index (χ1v) is 9.27. The first-order valence-electron chi connectivity index (χ1n) is 9.27. The number of para-hydroxylation sites is 1. The van der Waals surface area contributed by atoms with Crippen LogP contribution in [0.1, 0.15) is 12.0 Å². The molecule has 0 spiro atoms. The number of carbonyl (C=O) groups is 2. The van der Waals surface area contributed by atoms with Crippen molar-refractivity contribution in [3.63, 3.8) is 0 Å². The van der Waals surface area contributed by atoms with Crippen LogP contribution in [0.25, 0.3) is 0 Å². The number of alkyl halides is 3. The van der Waals surface area contributed by atoms with Crippen LogP contribution in [-0.4, -0.2) is 44.4 Å². The minimum absolute atomic E-state index is 0.0942. The van der Waals surface area contributed by atoms with Crippen molar-refractivity contribution in [2.45, 2.75) is 19.0 Å². The van der Waals surface area contributed by atoms with Crippen LogP contribution in [0.5, 0.6) is 11.5 Å². The number of carbonyl (C=O) groups excluding carboxylic acids is 2. The Kier molecular flexibility index (Phi) is 9.14. The van der Waals surface area contributed by atoms with Crippen molar-refractivity contribution in [1.82, 2.24) is 5.32 Å². The van der Waals surface area contributed by atoms with Gasteiger partial charge in [-0.05, 0) is 42.8 Å². The van der Waals surface area contributed by atoms with Gasteiger partial charge in [0.05, 0.1) is 6.42 Å². The highest BCUT2D eigenvalue weighted by Crippen LogP contribution is 2.17. The molecule has 0 atom stereocenters. The summed E-state index contributed by atoms with van der Waals surface area (Å²) in [5.74, 6) is -2.26. The minimum atomic E-state index is -5.18. The van der Waals surface area contributed by atoms with Crippen LogP contribution in [0.15, 0.2) is 54.6 Å². The third-order valence-corrected chi connectivity index (χ3v) is 3.80. The lowest BCUT2D eigenvalue weighted by Crippen LogP contribution is -2.29. The molecule has 1 N–H and O–H groups in total. The first-order chi connectivity index (χ1) is 14.3. The van der Waals surface area contributed by atoms with E-state index < -0.39 is 18.1 Å². The Bertz CT molecular complexity index is 812. The van der Waals surface area contributed by atoms with Crippen LogP contribution < -0.4 is 14.8 Å². The summed E-state index contributed by atoms with van der Waals surface area (Å²) < 4.78 is 50.9. The molecule has 0 aliphatic heterocycles. The molecule has 2 aromatic rings. The monoisotopic (exact) mass is 425 g/mol. The van der Waals surface area contributed by atoms with Gasteiger partial charge < -0.3 is 19.5 Å². The molecule has 0 amide bonds. The molecule has 9 heteroatoms. The second-order valence-electron chi connectivity index (χ2n) is 6.17. The Morgan fingerprint density at radius 1 is 0.867 bits per heavy atom. The largest absolute Gasteiger partial charge is 0.491 e. The normalized spacial score (nSPS) is 11.0. The average Bonchev–Trinajstić information content (AvgIpc) is 2.71. The fourth-order valence-corrected chi connectivity index (χ4v) is 2.39. The molecule has 2 rings (SSSR count). The fraction of sp³-hybridized carbons (Fsp3) is 0.333. The van der Waals surface area contributed by atoms with E-state index in [0.29, 0.717) is 31.9 Å². The summed E-state index contributed by atoms with van der Waals surface area (Å²) in [7, 11) is 0. The predicted molar refractivity (Wildman–Crippen MR) is 102 cm³/mol. The molecule has 0 heterocycles. The Morgan fingerprint density at radius 3 is 2.23 bits per heavy atom. The van der Waals surface area contributed by atoms with Crippen LogP contribution in [0.4, 0.5) is 13.2 Å². The fourth-order valence-electron chi connectivity index (χ4n) is 2.39. The molecule has 162 valence electrons. The van der Waals surface area contributed by atoms with Crippen LogP contribution in [-0.2, 0) is 20.7 Å². The van der Waals surface area contributed by atoms with Crippen molar-refractivity contribution < 1.29 is 37.0 Å². The Labute approximate surface area is 171 Å². The summed E-state index contributed by atoms with van der Waals surface area (Å²) in [5, 5.41) is 2.91. The molecule has 0 aromatic heterocycles. The summed E-state index contributed by atoms with van der Waals surface area (Å²) >= 11 is 0. The maximum absolute atomic E-state index is 12.0. The predicted octanol–water partition coefficient (Wildman–Crippen LogP) is 3.30. The van der Waals surface area contributed by atoms with E-state index in [9.17, 15) is 22.8 Å². The molecule has 30 heavy (non-hydrogen) atoms. The van der Waals surface area contributed by atoms with Gasteiger partial charge in [-0.2, -0.15) is 13.2 Å². The lowest BCUT2D eigenvalue weighted by atomic mass is 10.1. The maximum atomic E-state index is 12.0. The van der Waals surface area contributed by atoms with E-state index in [1.165, 1.54) is 0 Å². The Morgan fingerprint density at radius 2 is 1.53 bits per heavy atom. The second-order valence-corrected chi connectivity index (χ2v) is 6.17. The number of benzene rings is 2. The molecule has 6 nitrogen and oxygen atoms in total. The van der Waals surface area contributed by atoms with Gasteiger partial charge in [0, 0.05) is 6.54 Å². The molecule has 0 saturated carbocycles. The van der Waals surface area contributed by atoms with Crippen molar-refractivity contribution in [3.8, 4) is 11.5 Å². The Balaban J connectivity index is 1.61. The SMILES string of the molecule is O=C(CCNCCc1cccc(OCCOc2ccccc2)c1)OC(=O)C(F)(F)F. The summed E-state index contributed by atoms with van der Waals surface area (Å²) in [6, 6.07) is 16.9. The van der Waals surface area contributed by atoms with Gasteiger partial charge in [0.1, 0.15) is 24.7 Å². The van der Waals surface area contributed by atoms with Gasteiger partial charge in [-0.3, -0.25) is 4.79 Å². The topological polar surface area (TPSA) is 73.9 Å². The Hall–Kier alpha value is -3.07. The summed E-state index contributed by atoms with van der Waals surface area (Å²) in [4.78, 5) is 21.7. The minimum Gasteiger partial charge on any atom is -0.490 e. The highest BCUT2D eigenvalue weighted by Gasteiger charge is 2.42. The van der Waals surface area contributed by atoms with Crippen LogP contribution in [0.3, 0.4) is 0 Å². The van der Waals surface area contributed by atoms with E-state index in [0.717, 1.165) is 11.3 Å². The number of ether oxygens (including phenoxy) is 3. The van der Waals surface area contributed by atoms with Crippen LogP contribution >= 0.6 is 0 Å². The van der Waals surface area contributed by atoms with Crippen molar-refractivity contribution in [1.29, 1.82) is 0 Å². The van der Waals surface area contributed by atoms with Crippen molar-refractivity contribution >= 4 is 11.9 Å². The average molecular weight is 425 g/mol.